The zero-order valence-corrected chi connectivity index (χ0v) is 15.3. The number of benzene rings is 1. The van der Waals surface area contributed by atoms with Gasteiger partial charge in [-0.25, -0.2) is 0 Å². The molecule has 0 radical (unpaired) electrons. The predicted octanol–water partition coefficient (Wildman–Crippen LogP) is 3.60. The van der Waals surface area contributed by atoms with Gasteiger partial charge in [0.15, 0.2) is 0 Å². The first-order valence-corrected chi connectivity index (χ1v) is 10.4. The van der Waals surface area contributed by atoms with Crippen molar-refractivity contribution < 1.29 is 24.2 Å². The van der Waals surface area contributed by atoms with E-state index in [4.69, 9.17) is 4.28 Å². The molecule has 0 spiro atoms. The van der Waals surface area contributed by atoms with Gasteiger partial charge in [0.25, 0.3) is 10.7 Å². The summed E-state index contributed by atoms with van der Waals surface area (Å²) < 4.78 is 5.69. The summed E-state index contributed by atoms with van der Waals surface area (Å²) in [5.74, 6) is 0.424. The number of alkyl halides is 1. The van der Waals surface area contributed by atoms with Gasteiger partial charge in [0.2, 0.25) is 0 Å². The first-order chi connectivity index (χ1) is 11.7. The molecule has 0 bridgehead atoms. The standard InChI is InChI=1S/C13H14BrN3O7S/c14-9-3-5-25(4-1-2-12(9)25)24-17(23)8-6-10(15(19)20)13(18)11(7-8)16(21)22/h6-7,9,12H,1-5H2/p+1. The SMILES string of the molecule is O=[N+]([O-])c1cc([N+](=O)OS23CCCC2C(Br)CC3)cc([N+](=O)[O-])c1O. The fraction of sp³-hybridized carbons (Fsp3) is 0.538. The molecular weight excluding hydrogens is 422 g/mol. The Morgan fingerprint density at radius 2 is 1.72 bits per heavy atom. The van der Waals surface area contributed by atoms with E-state index in [1.807, 2.05) is 0 Å². The topological polar surface area (TPSA) is 136 Å². The maximum atomic E-state index is 12.5. The van der Waals surface area contributed by atoms with Crippen molar-refractivity contribution in [3.8, 4) is 5.75 Å². The lowest BCUT2D eigenvalue weighted by Gasteiger charge is -2.28. The van der Waals surface area contributed by atoms with Gasteiger partial charge in [-0.1, -0.05) is 15.9 Å². The average Bonchev–Trinajstić information content (AvgIpc) is 3.07. The van der Waals surface area contributed by atoms with Crippen molar-refractivity contribution >= 4 is 43.3 Å². The summed E-state index contributed by atoms with van der Waals surface area (Å²) in [6, 6.07) is 1.58. The molecular formula is C13H15BrN3O7S+. The van der Waals surface area contributed by atoms with Crippen LogP contribution in [0.25, 0.3) is 0 Å². The van der Waals surface area contributed by atoms with Crippen LogP contribution in [0.2, 0.25) is 0 Å². The van der Waals surface area contributed by atoms with E-state index < -0.39 is 37.3 Å². The van der Waals surface area contributed by atoms with E-state index in [1.54, 1.807) is 0 Å². The zero-order valence-electron chi connectivity index (χ0n) is 12.9. The predicted molar refractivity (Wildman–Crippen MR) is 93.5 cm³/mol. The molecule has 2 fully saturated rings. The highest BCUT2D eigenvalue weighted by Gasteiger charge is 2.53. The monoisotopic (exact) mass is 436 g/mol. The molecule has 1 N–H and O–H groups in total. The largest absolute Gasteiger partial charge is 0.497 e. The van der Waals surface area contributed by atoms with Crippen molar-refractivity contribution in [3.05, 3.63) is 37.3 Å². The molecule has 136 valence electrons. The number of nitro groups is 2. The van der Waals surface area contributed by atoms with E-state index in [1.165, 1.54) is 0 Å². The highest BCUT2D eigenvalue weighted by Crippen LogP contribution is 2.67. The Bertz CT molecular complexity index is 741. The second kappa shape index (κ2) is 6.41. The van der Waals surface area contributed by atoms with Crippen LogP contribution < -0.4 is 0 Å². The molecule has 2 saturated heterocycles. The molecule has 1 aromatic rings. The summed E-state index contributed by atoms with van der Waals surface area (Å²) in [5, 5.41) is 31.9. The quantitative estimate of drug-likeness (QED) is 0.422. The van der Waals surface area contributed by atoms with Crippen molar-refractivity contribution in [2.45, 2.75) is 29.3 Å². The number of rotatable bonds is 5. The summed E-state index contributed by atoms with van der Waals surface area (Å²) in [6.45, 7) is 0. The molecule has 10 nitrogen and oxygen atoms in total. The van der Waals surface area contributed by atoms with Gasteiger partial charge in [0.1, 0.15) is 12.1 Å². The van der Waals surface area contributed by atoms with Crippen LogP contribution in [0.3, 0.4) is 0 Å². The number of hydrogen-bond acceptors (Lipinski definition) is 7. The third-order valence-corrected chi connectivity index (χ3v) is 10.0. The Kier molecular flexibility index (Phi) is 4.58. The van der Waals surface area contributed by atoms with Crippen LogP contribution >= 0.6 is 26.2 Å². The molecule has 3 rings (SSSR count). The smallest absolute Gasteiger partial charge is 0.331 e. The Hall–Kier alpha value is -1.95. The lowest BCUT2D eigenvalue weighted by molar-refractivity contribution is -0.696. The van der Waals surface area contributed by atoms with Crippen LogP contribution in [-0.4, -0.2) is 41.5 Å². The third kappa shape index (κ3) is 3.03. The molecule has 2 heterocycles. The number of hydrogen-bond donors (Lipinski definition) is 1. The molecule has 3 atom stereocenters. The molecule has 12 heteroatoms. The first kappa shape index (κ1) is 17.9. The molecule has 3 unspecified atom stereocenters. The Morgan fingerprint density at radius 1 is 1.12 bits per heavy atom. The lowest BCUT2D eigenvalue weighted by Crippen LogP contribution is -2.20. The minimum absolute atomic E-state index is 0.137. The van der Waals surface area contributed by atoms with Crippen molar-refractivity contribution in [1.29, 1.82) is 0 Å². The molecule has 0 saturated carbocycles. The molecule has 0 aromatic heterocycles. The van der Waals surface area contributed by atoms with Crippen LogP contribution in [0.1, 0.15) is 19.3 Å². The van der Waals surface area contributed by atoms with E-state index in [-0.39, 0.29) is 20.7 Å². The number of phenolic OH excluding ortho intramolecular Hbond substituents is 1. The summed E-state index contributed by atoms with van der Waals surface area (Å²) in [5.41, 5.74) is -2.19. The lowest BCUT2D eigenvalue weighted by atomic mass is 10.2. The first-order valence-electron chi connectivity index (χ1n) is 7.49. The van der Waals surface area contributed by atoms with Gasteiger partial charge in [-0.3, -0.25) is 20.2 Å². The fourth-order valence-electron chi connectivity index (χ4n) is 3.38. The number of nitro benzene ring substituents is 2. The number of aromatic hydroxyl groups is 1. The Balaban J connectivity index is 1.95. The van der Waals surface area contributed by atoms with Crippen molar-refractivity contribution in [1.82, 2.24) is 0 Å². The van der Waals surface area contributed by atoms with E-state index in [0.717, 1.165) is 42.9 Å². The summed E-state index contributed by atoms with van der Waals surface area (Å²) in [7, 11) is -1.68. The Labute approximate surface area is 151 Å². The van der Waals surface area contributed by atoms with Gasteiger partial charge in [-0.2, -0.15) is 4.28 Å². The maximum Gasteiger partial charge on any atom is 0.331 e. The van der Waals surface area contributed by atoms with Gasteiger partial charge in [-0.15, -0.1) is 0 Å². The van der Waals surface area contributed by atoms with Crippen LogP contribution in [0.15, 0.2) is 12.1 Å². The van der Waals surface area contributed by atoms with Crippen molar-refractivity contribution in [2.24, 2.45) is 0 Å². The van der Waals surface area contributed by atoms with E-state index in [0.29, 0.717) is 0 Å². The second-order valence-electron chi connectivity index (χ2n) is 5.94. The number of nitrogens with zero attached hydrogens (tertiary/aromatic N) is 3. The highest BCUT2D eigenvalue weighted by molar-refractivity contribution is 9.09. The molecule has 1 aromatic carbocycles. The third-order valence-electron chi connectivity index (χ3n) is 4.55. The molecule has 2 aliphatic heterocycles. The van der Waals surface area contributed by atoms with E-state index in [2.05, 4.69) is 15.9 Å². The summed E-state index contributed by atoms with van der Waals surface area (Å²) in [4.78, 5) is 32.9. The molecule has 2 aliphatic rings. The van der Waals surface area contributed by atoms with E-state index in [9.17, 15) is 30.2 Å². The van der Waals surface area contributed by atoms with Gasteiger partial charge < -0.3 is 5.11 Å². The summed E-state index contributed by atoms with van der Waals surface area (Å²) in [6.07, 6.45) is 2.75. The fourth-order valence-corrected chi connectivity index (χ4v) is 9.36. The Morgan fingerprint density at radius 3 is 2.28 bits per heavy atom. The average molecular weight is 437 g/mol. The molecule has 0 aliphatic carbocycles. The number of phenols is 1. The second-order valence-corrected chi connectivity index (χ2v) is 10.4. The zero-order chi connectivity index (χ0) is 18.4. The minimum atomic E-state index is -1.68. The minimum Gasteiger partial charge on any atom is -0.497 e. The van der Waals surface area contributed by atoms with Crippen molar-refractivity contribution in [3.63, 3.8) is 0 Å². The van der Waals surface area contributed by atoms with Crippen LogP contribution in [0.5, 0.6) is 5.75 Å². The van der Waals surface area contributed by atoms with Crippen LogP contribution in [0, 0.1) is 25.1 Å². The number of fused-ring (bicyclic) bond motifs is 1. The van der Waals surface area contributed by atoms with E-state index >= 15 is 0 Å². The van der Waals surface area contributed by atoms with Crippen LogP contribution in [0.4, 0.5) is 17.1 Å². The van der Waals surface area contributed by atoms with Gasteiger partial charge in [-0.05, 0) is 29.6 Å². The maximum absolute atomic E-state index is 12.5. The normalized spacial score (nSPS) is 30.3. The molecule has 0 amide bonds. The van der Waals surface area contributed by atoms with Gasteiger partial charge in [0, 0.05) is 21.6 Å². The van der Waals surface area contributed by atoms with Crippen LogP contribution in [-0.2, 0) is 4.28 Å². The highest BCUT2D eigenvalue weighted by atomic mass is 79.9. The summed E-state index contributed by atoms with van der Waals surface area (Å²) >= 11 is 3.61. The number of halogens is 1. The molecule has 25 heavy (non-hydrogen) atoms. The van der Waals surface area contributed by atoms with Crippen molar-refractivity contribution in [2.75, 3.05) is 11.5 Å². The van der Waals surface area contributed by atoms with Gasteiger partial charge in [0.05, 0.1) is 14.8 Å². The van der Waals surface area contributed by atoms with Gasteiger partial charge >= 0.3 is 17.1 Å².